The number of rotatable bonds is 4. The third kappa shape index (κ3) is 2.96. The van der Waals surface area contributed by atoms with E-state index < -0.39 is 13.8 Å². The quantitative estimate of drug-likeness (QED) is 0.669. The van der Waals surface area contributed by atoms with Crippen LogP contribution in [0.15, 0.2) is 66.7 Å². The summed E-state index contributed by atoms with van der Waals surface area (Å²) in [4.78, 5) is 2.09. The molecule has 0 heterocycles. The normalized spacial score (nSPS) is 12.3. The van der Waals surface area contributed by atoms with Crippen LogP contribution in [0.5, 0.6) is 0 Å². The van der Waals surface area contributed by atoms with Crippen LogP contribution in [-0.4, -0.2) is 27.9 Å². The van der Waals surface area contributed by atoms with Gasteiger partial charge >= 0.3 is 135 Å². The monoisotopic (exact) mass is 357 g/mol. The molecule has 0 radical (unpaired) electrons. The predicted molar refractivity (Wildman–Crippen MR) is 94.5 cm³/mol. The Labute approximate surface area is 135 Å². The zero-order valence-corrected chi connectivity index (χ0v) is 14.5. The Balaban J connectivity index is 2.08. The molecule has 3 heteroatoms. The van der Waals surface area contributed by atoms with Crippen LogP contribution in [0.1, 0.15) is 5.56 Å². The fourth-order valence-electron chi connectivity index (χ4n) is 2.65. The van der Waals surface area contributed by atoms with Crippen molar-refractivity contribution >= 4 is 34.8 Å². The van der Waals surface area contributed by atoms with Gasteiger partial charge in [-0.25, -0.2) is 0 Å². The van der Waals surface area contributed by atoms with E-state index in [9.17, 15) is 3.83 Å². The van der Waals surface area contributed by atoms with E-state index in [-0.39, 0.29) is 0 Å². The van der Waals surface area contributed by atoms with E-state index in [1.54, 1.807) is 0 Å². The Bertz CT molecular complexity index is 807. The molecule has 0 aliphatic carbocycles. The summed E-state index contributed by atoms with van der Waals surface area (Å²) in [5.41, 5.74) is 2.27. The van der Waals surface area contributed by atoms with Gasteiger partial charge in [-0.2, -0.15) is 0 Å². The Morgan fingerprint density at radius 3 is 2.23 bits per heavy atom. The molecule has 0 amide bonds. The minimum absolute atomic E-state index is 0.641. The molecule has 0 fully saturated rings. The summed E-state index contributed by atoms with van der Waals surface area (Å²) in [6.45, 7) is 0. The van der Waals surface area contributed by atoms with E-state index >= 15 is 0 Å². The molecule has 0 spiro atoms. The average molecular weight is 356 g/mol. The summed E-state index contributed by atoms with van der Waals surface area (Å²) in [7, 11) is 4.06. The van der Waals surface area contributed by atoms with Crippen LogP contribution in [0.3, 0.4) is 0 Å². The molecule has 0 aliphatic heterocycles. The third-order valence-corrected chi connectivity index (χ3v) is 6.70. The Morgan fingerprint density at radius 1 is 0.864 bits per heavy atom. The molecule has 0 N–H and O–H groups in total. The molecule has 112 valence electrons. The summed E-state index contributed by atoms with van der Waals surface area (Å²) in [6.07, 6.45) is 0. The van der Waals surface area contributed by atoms with Gasteiger partial charge in [-0.1, -0.05) is 0 Å². The standard InChI is InChI=1S/C19H19NOSe/c1-20(2)17-12-6-10-16-11-7-13-18(19(16)17)22(21)14-15-8-4-3-5-9-15/h3-13H,14H2,1-2H3. The van der Waals surface area contributed by atoms with Crippen LogP contribution >= 0.6 is 0 Å². The molecule has 3 aromatic carbocycles. The van der Waals surface area contributed by atoms with E-state index in [1.807, 2.05) is 56.6 Å². The van der Waals surface area contributed by atoms with Crippen LogP contribution < -0.4 is 9.36 Å². The van der Waals surface area contributed by atoms with Gasteiger partial charge < -0.3 is 0 Å². The van der Waals surface area contributed by atoms with Crippen molar-refractivity contribution in [2.24, 2.45) is 0 Å². The van der Waals surface area contributed by atoms with Crippen molar-refractivity contribution in [3.8, 4) is 0 Å². The maximum absolute atomic E-state index is 13.0. The fourth-order valence-corrected chi connectivity index (χ4v) is 5.45. The maximum atomic E-state index is 13.0. The summed E-state index contributed by atoms with van der Waals surface area (Å²) < 4.78 is 14.0. The van der Waals surface area contributed by atoms with Crippen LogP contribution in [0.4, 0.5) is 5.69 Å². The fraction of sp³-hybridized carbons (Fsp3) is 0.158. The number of anilines is 1. The van der Waals surface area contributed by atoms with Gasteiger partial charge in [0, 0.05) is 0 Å². The SMILES string of the molecule is CN(C)c1cccc2cccc([Se](=O)Cc3ccccc3)c12. The molecule has 3 aromatic rings. The van der Waals surface area contributed by atoms with Crippen LogP contribution in [0, 0.1) is 0 Å². The van der Waals surface area contributed by atoms with Gasteiger partial charge in [-0.3, -0.25) is 0 Å². The molecule has 3 rings (SSSR count). The van der Waals surface area contributed by atoms with Crippen molar-refractivity contribution in [2.45, 2.75) is 5.32 Å². The van der Waals surface area contributed by atoms with E-state index in [0.29, 0.717) is 5.32 Å². The first-order valence-corrected chi connectivity index (χ1v) is 10.0. The van der Waals surface area contributed by atoms with Gasteiger partial charge in [-0.05, 0) is 0 Å². The number of nitrogens with zero attached hydrogens (tertiary/aromatic N) is 1. The van der Waals surface area contributed by atoms with Gasteiger partial charge in [0.15, 0.2) is 0 Å². The topological polar surface area (TPSA) is 20.3 Å². The van der Waals surface area contributed by atoms with E-state index in [0.717, 1.165) is 26.5 Å². The molecule has 1 unspecified atom stereocenters. The van der Waals surface area contributed by atoms with E-state index in [2.05, 4.69) is 29.2 Å². The minimum atomic E-state index is -2.13. The van der Waals surface area contributed by atoms with Gasteiger partial charge in [0.1, 0.15) is 0 Å². The van der Waals surface area contributed by atoms with Crippen LogP contribution in [0.2, 0.25) is 0 Å². The molecular weight excluding hydrogens is 337 g/mol. The average Bonchev–Trinajstić information content (AvgIpc) is 2.54. The Kier molecular flexibility index (Phi) is 4.37. The number of hydrogen-bond acceptors (Lipinski definition) is 2. The van der Waals surface area contributed by atoms with Crippen molar-refractivity contribution in [3.05, 3.63) is 72.3 Å². The van der Waals surface area contributed by atoms with Crippen molar-refractivity contribution < 1.29 is 3.83 Å². The third-order valence-electron chi connectivity index (χ3n) is 3.71. The van der Waals surface area contributed by atoms with Crippen molar-refractivity contribution in [3.63, 3.8) is 0 Å². The van der Waals surface area contributed by atoms with Gasteiger partial charge in [-0.15, -0.1) is 0 Å². The molecular formula is C19H19NOSe. The van der Waals surface area contributed by atoms with Gasteiger partial charge in [0.25, 0.3) is 0 Å². The predicted octanol–water partition coefficient (Wildman–Crippen LogP) is 3.32. The second-order valence-corrected chi connectivity index (χ2v) is 8.48. The Hall–Kier alpha value is -1.96. The van der Waals surface area contributed by atoms with Crippen LogP contribution in [0.25, 0.3) is 10.8 Å². The second-order valence-electron chi connectivity index (χ2n) is 5.50. The molecule has 0 aliphatic rings. The molecule has 2 nitrogen and oxygen atoms in total. The first kappa shape index (κ1) is 15.0. The first-order valence-electron chi connectivity index (χ1n) is 7.28. The van der Waals surface area contributed by atoms with Gasteiger partial charge in [0.05, 0.1) is 0 Å². The number of benzene rings is 3. The van der Waals surface area contributed by atoms with Gasteiger partial charge in [0.2, 0.25) is 0 Å². The van der Waals surface area contributed by atoms with Crippen molar-refractivity contribution in [2.75, 3.05) is 19.0 Å². The molecule has 22 heavy (non-hydrogen) atoms. The van der Waals surface area contributed by atoms with E-state index in [4.69, 9.17) is 0 Å². The summed E-state index contributed by atoms with van der Waals surface area (Å²) in [5, 5.41) is 2.93. The number of hydrogen-bond donors (Lipinski definition) is 0. The zero-order valence-electron chi connectivity index (χ0n) is 12.8. The second kappa shape index (κ2) is 6.43. The summed E-state index contributed by atoms with van der Waals surface area (Å²) >= 11 is -2.13. The summed E-state index contributed by atoms with van der Waals surface area (Å²) in [5.74, 6) is 0. The van der Waals surface area contributed by atoms with E-state index in [1.165, 1.54) is 0 Å². The molecule has 0 bridgehead atoms. The van der Waals surface area contributed by atoms with Crippen molar-refractivity contribution in [1.82, 2.24) is 0 Å². The Morgan fingerprint density at radius 2 is 1.55 bits per heavy atom. The molecule has 0 aromatic heterocycles. The molecule has 0 saturated carbocycles. The zero-order chi connectivity index (χ0) is 15.5. The van der Waals surface area contributed by atoms with Crippen LogP contribution in [-0.2, 0) is 9.15 Å². The van der Waals surface area contributed by atoms with Crippen molar-refractivity contribution in [1.29, 1.82) is 0 Å². The summed E-state index contributed by atoms with van der Waals surface area (Å²) in [6, 6.07) is 22.5. The molecule has 1 atom stereocenters. The molecule has 0 saturated heterocycles. The number of fused-ring (bicyclic) bond motifs is 1. The first-order chi connectivity index (χ1) is 10.7.